The van der Waals surface area contributed by atoms with E-state index in [0.29, 0.717) is 13.2 Å². The number of carbonyl (C=O) groups is 1. The van der Waals surface area contributed by atoms with Crippen molar-refractivity contribution in [3.8, 4) is 11.5 Å². The second-order valence-electron chi connectivity index (χ2n) is 4.23. The molecule has 5 nitrogen and oxygen atoms in total. The molecular formula is C14H20FNO4. The molecule has 6 heteroatoms. The molecule has 0 aliphatic carbocycles. The van der Waals surface area contributed by atoms with Crippen LogP contribution in [0.4, 0.5) is 14.9 Å². The van der Waals surface area contributed by atoms with Crippen LogP contribution in [0.15, 0.2) is 12.1 Å². The van der Waals surface area contributed by atoms with Crippen LogP contribution in [-0.4, -0.2) is 25.4 Å². The lowest BCUT2D eigenvalue weighted by molar-refractivity contribution is 0.130. The van der Waals surface area contributed by atoms with Crippen molar-refractivity contribution in [1.82, 2.24) is 0 Å². The fourth-order valence-electron chi connectivity index (χ4n) is 1.55. The van der Waals surface area contributed by atoms with Gasteiger partial charge in [0.15, 0.2) is 17.3 Å². The number of rotatable bonds is 6. The third-order valence-corrected chi connectivity index (χ3v) is 2.19. The molecule has 0 aliphatic heterocycles. The highest BCUT2D eigenvalue weighted by Crippen LogP contribution is 2.34. The Labute approximate surface area is 118 Å². The standard InChI is InChI=1S/C14H20FNO4/c1-5-18-12-8-10(16-14(17)20-9(3)4)7-11(15)13(12)19-6-2/h7-9H,5-6H2,1-4H3,(H,16,17). The summed E-state index contributed by atoms with van der Waals surface area (Å²) < 4.78 is 29.4. The maximum atomic E-state index is 13.9. The highest BCUT2D eigenvalue weighted by molar-refractivity contribution is 5.85. The van der Waals surface area contributed by atoms with Gasteiger partial charge in [0.25, 0.3) is 0 Å². The average molecular weight is 285 g/mol. The van der Waals surface area contributed by atoms with Crippen LogP contribution in [0.3, 0.4) is 0 Å². The molecule has 112 valence electrons. The molecular weight excluding hydrogens is 265 g/mol. The fraction of sp³-hybridized carbons (Fsp3) is 0.500. The van der Waals surface area contributed by atoms with Gasteiger partial charge in [-0.25, -0.2) is 9.18 Å². The molecule has 1 rings (SSSR count). The first kappa shape index (κ1) is 16.1. The molecule has 1 amide bonds. The summed E-state index contributed by atoms with van der Waals surface area (Å²) in [4.78, 5) is 11.5. The minimum atomic E-state index is -0.647. The van der Waals surface area contributed by atoms with Crippen molar-refractivity contribution in [2.75, 3.05) is 18.5 Å². The zero-order valence-corrected chi connectivity index (χ0v) is 12.2. The van der Waals surface area contributed by atoms with Gasteiger partial charge in [0, 0.05) is 12.1 Å². The van der Waals surface area contributed by atoms with E-state index in [4.69, 9.17) is 14.2 Å². The summed E-state index contributed by atoms with van der Waals surface area (Å²) in [7, 11) is 0. The Bertz CT molecular complexity index is 463. The van der Waals surface area contributed by atoms with E-state index in [1.54, 1.807) is 27.7 Å². The van der Waals surface area contributed by atoms with E-state index in [2.05, 4.69) is 5.32 Å². The molecule has 0 unspecified atom stereocenters. The second-order valence-corrected chi connectivity index (χ2v) is 4.23. The van der Waals surface area contributed by atoms with Gasteiger partial charge in [-0.3, -0.25) is 5.32 Å². The van der Waals surface area contributed by atoms with Crippen molar-refractivity contribution in [2.45, 2.75) is 33.8 Å². The zero-order chi connectivity index (χ0) is 15.1. The summed E-state index contributed by atoms with van der Waals surface area (Å²) in [5.74, 6) is -0.316. The average Bonchev–Trinajstić information content (AvgIpc) is 2.32. The van der Waals surface area contributed by atoms with E-state index in [1.807, 2.05) is 0 Å². The highest BCUT2D eigenvalue weighted by atomic mass is 19.1. The molecule has 0 aromatic heterocycles. The lowest BCUT2D eigenvalue weighted by Gasteiger charge is -2.14. The molecule has 20 heavy (non-hydrogen) atoms. The van der Waals surface area contributed by atoms with Crippen LogP contribution in [0, 0.1) is 5.82 Å². The minimum absolute atomic E-state index is 0.0390. The fourth-order valence-corrected chi connectivity index (χ4v) is 1.55. The summed E-state index contributed by atoms with van der Waals surface area (Å²) in [5.41, 5.74) is 0.250. The number of amides is 1. The molecule has 0 atom stereocenters. The Morgan fingerprint density at radius 3 is 2.45 bits per heavy atom. The highest BCUT2D eigenvalue weighted by Gasteiger charge is 2.15. The van der Waals surface area contributed by atoms with Crippen LogP contribution in [0.1, 0.15) is 27.7 Å². The molecule has 1 aromatic rings. The zero-order valence-electron chi connectivity index (χ0n) is 12.2. The number of benzene rings is 1. The molecule has 1 N–H and O–H groups in total. The number of carbonyl (C=O) groups excluding carboxylic acids is 1. The van der Waals surface area contributed by atoms with E-state index < -0.39 is 11.9 Å². The summed E-state index contributed by atoms with van der Waals surface area (Å²) in [5, 5.41) is 2.45. The number of hydrogen-bond acceptors (Lipinski definition) is 4. The van der Waals surface area contributed by atoms with E-state index >= 15 is 0 Å². The summed E-state index contributed by atoms with van der Waals surface area (Å²) in [6.07, 6.45) is -0.903. The Hall–Kier alpha value is -1.98. The van der Waals surface area contributed by atoms with Gasteiger partial charge < -0.3 is 14.2 Å². The van der Waals surface area contributed by atoms with Crippen molar-refractivity contribution >= 4 is 11.8 Å². The van der Waals surface area contributed by atoms with E-state index in [-0.39, 0.29) is 23.3 Å². The predicted octanol–water partition coefficient (Wildman–Crippen LogP) is 3.58. The third kappa shape index (κ3) is 4.60. The first-order valence-corrected chi connectivity index (χ1v) is 6.54. The van der Waals surface area contributed by atoms with Crippen LogP contribution in [0.25, 0.3) is 0 Å². The quantitative estimate of drug-likeness (QED) is 0.868. The Kier molecular flexibility index (Phi) is 6.09. The van der Waals surface area contributed by atoms with Gasteiger partial charge in [-0.2, -0.15) is 0 Å². The molecule has 1 aromatic carbocycles. The normalized spacial score (nSPS) is 10.3. The molecule has 0 bridgehead atoms. The Morgan fingerprint density at radius 2 is 1.90 bits per heavy atom. The lowest BCUT2D eigenvalue weighted by Crippen LogP contribution is -2.18. The number of nitrogens with one attached hydrogen (secondary N) is 1. The van der Waals surface area contributed by atoms with Crippen LogP contribution in [0.2, 0.25) is 0 Å². The van der Waals surface area contributed by atoms with Crippen molar-refractivity contribution < 1.29 is 23.4 Å². The number of anilines is 1. The molecule has 0 aliphatic rings. The van der Waals surface area contributed by atoms with E-state index in [0.717, 1.165) is 6.07 Å². The van der Waals surface area contributed by atoms with Crippen LogP contribution in [-0.2, 0) is 4.74 Å². The predicted molar refractivity (Wildman–Crippen MR) is 74.0 cm³/mol. The van der Waals surface area contributed by atoms with E-state index in [1.165, 1.54) is 6.07 Å². The van der Waals surface area contributed by atoms with Crippen molar-refractivity contribution in [2.24, 2.45) is 0 Å². The molecule has 0 heterocycles. The number of halogens is 1. The lowest BCUT2D eigenvalue weighted by atomic mass is 10.2. The first-order chi connectivity index (χ1) is 9.47. The maximum Gasteiger partial charge on any atom is 0.411 e. The van der Waals surface area contributed by atoms with Gasteiger partial charge in [-0.15, -0.1) is 0 Å². The van der Waals surface area contributed by atoms with Gasteiger partial charge in [-0.05, 0) is 27.7 Å². The van der Waals surface area contributed by atoms with Crippen LogP contribution >= 0.6 is 0 Å². The Morgan fingerprint density at radius 1 is 1.25 bits per heavy atom. The van der Waals surface area contributed by atoms with Crippen molar-refractivity contribution in [3.05, 3.63) is 17.9 Å². The molecule has 0 saturated carbocycles. The van der Waals surface area contributed by atoms with Crippen LogP contribution in [0.5, 0.6) is 11.5 Å². The van der Waals surface area contributed by atoms with Gasteiger partial charge in [-0.1, -0.05) is 0 Å². The van der Waals surface area contributed by atoms with Crippen LogP contribution < -0.4 is 14.8 Å². The Balaban J connectivity index is 2.95. The smallest absolute Gasteiger partial charge is 0.411 e. The number of hydrogen-bond donors (Lipinski definition) is 1. The molecule has 0 radical (unpaired) electrons. The molecule has 0 spiro atoms. The van der Waals surface area contributed by atoms with Gasteiger partial charge in [0.2, 0.25) is 0 Å². The first-order valence-electron chi connectivity index (χ1n) is 6.54. The molecule has 0 saturated heterocycles. The monoisotopic (exact) mass is 285 g/mol. The largest absolute Gasteiger partial charge is 0.490 e. The van der Waals surface area contributed by atoms with Gasteiger partial charge in [0.05, 0.1) is 25.0 Å². The third-order valence-electron chi connectivity index (χ3n) is 2.19. The van der Waals surface area contributed by atoms with Gasteiger partial charge >= 0.3 is 6.09 Å². The maximum absolute atomic E-state index is 13.9. The minimum Gasteiger partial charge on any atom is -0.490 e. The van der Waals surface area contributed by atoms with Crippen molar-refractivity contribution in [3.63, 3.8) is 0 Å². The van der Waals surface area contributed by atoms with Gasteiger partial charge in [0.1, 0.15) is 0 Å². The van der Waals surface area contributed by atoms with Crippen molar-refractivity contribution in [1.29, 1.82) is 0 Å². The summed E-state index contributed by atoms with van der Waals surface area (Å²) in [6, 6.07) is 2.66. The topological polar surface area (TPSA) is 56.8 Å². The molecule has 0 fully saturated rings. The summed E-state index contributed by atoms with van der Waals surface area (Å²) >= 11 is 0. The number of ether oxygens (including phenoxy) is 3. The van der Waals surface area contributed by atoms with E-state index in [9.17, 15) is 9.18 Å². The SMILES string of the molecule is CCOc1cc(NC(=O)OC(C)C)cc(F)c1OCC. The summed E-state index contributed by atoms with van der Waals surface area (Å²) in [6.45, 7) is 7.66. The second kappa shape index (κ2) is 7.57.